The summed E-state index contributed by atoms with van der Waals surface area (Å²) in [5.41, 5.74) is 0. The predicted octanol–water partition coefficient (Wildman–Crippen LogP) is 1.77. The van der Waals surface area contributed by atoms with E-state index >= 15 is 0 Å². The quantitative estimate of drug-likeness (QED) is 0.203. The minimum absolute atomic E-state index is 0.175. The highest BCUT2D eigenvalue weighted by molar-refractivity contribution is 9.09. The molecule has 0 saturated heterocycles. The van der Waals surface area contributed by atoms with Crippen LogP contribution < -0.4 is 10.2 Å². The lowest BCUT2D eigenvalue weighted by Crippen LogP contribution is -2.25. The largest absolute Gasteiger partial charge is 0.411 e. The Morgan fingerprint density at radius 2 is 2.27 bits per heavy atom. The molecule has 1 heterocycles. The Morgan fingerprint density at radius 3 is 2.82 bits per heavy atom. The van der Waals surface area contributed by atoms with Gasteiger partial charge < -0.3 is 14.7 Å². The summed E-state index contributed by atoms with van der Waals surface area (Å²) in [4.78, 5) is 14.0. The van der Waals surface area contributed by atoms with E-state index in [4.69, 9.17) is 4.62 Å². The van der Waals surface area contributed by atoms with Crippen molar-refractivity contribution in [3.63, 3.8) is 0 Å². The van der Waals surface area contributed by atoms with E-state index in [0.29, 0.717) is 18.4 Å². The molecule has 0 bridgehead atoms. The average Bonchev–Trinajstić information content (AvgIpc) is 2.85. The molecule has 1 aromatic heterocycles. The first-order chi connectivity index (χ1) is 10.4. The summed E-state index contributed by atoms with van der Waals surface area (Å²) < 4.78 is 18.7. The third kappa shape index (κ3) is 5.48. The van der Waals surface area contributed by atoms with E-state index in [1.165, 1.54) is 17.8 Å². The Hall–Kier alpha value is -1.29. The van der Waals surface area contributed by atoms with Crippen LogP contribution in [-0.2, 0) is 16.2 Å². The molecule has 1 atom stereocenters. The summed E-state index contributed by atoms with van der Waals surface area (Å²) in [5, 5.41) is 20.4. The van der Waals surface area contributed by atoms with Gasteiger partial charge in [0.1, 0.15) is 12.4 Å². The normalized spacial score (nSPS) is 14.1. The topological polar surface area (TPSA) is 124 Å². The van der Waals surface area contributed by atoms with Crippen LogP contribution in [0, 0.1) is 10.1 Å². The number of hydrogen-bond acceptors (Lipinski definition) is 6. The van der Waals surface area contributed by atoms with Gasteiger partial charge in [0, 0.05) is 18.4 Å². The van der Waals surface area contributed by atoms with E-state index in [0.717, 1.165) is 12.6 Å². The number of nitrogens with zero attached hydrogens (tertiary/aromatic N) is 4. The van der Waals surface area contributed by atoms with E-state index in [-0.39, 0.29) is 11.6 Å². The van der Waals surface area contributed by atoms with Gasteiger partial charge >= 0.3 is 13.5 Å². The number of rotatable bonds is 10. The summed E-state index contributed by atoms with van der Waals surface area (Å²) in [6, 6.07) is 0. The van der Waals surface area contributed by atoms with Crippen LogP contribution in [0.25, 0.3) is 0 Å². The Kier molecular flexibility index (Phi) is 7.66. The molecule has 0 aromatic carbocycles. The van der Waals surface area contributed by atoms with E-state index < -0.39 is 12.6 Å². The molecule has 10 nitrogen and oxygen atoms in total. The standard InChI is InChI=1S/C10H18BrN6O4P/c1-3-5-14-22(20,15-6-4-11)21-13-7-9-12-8-10(16(9)2)17(18)19/h7-8H,3-6H2,1-2H3,(H2,14,15,20)/b13-7-. The second-order valence-corrected chi connectivity index (χ2v) is 6.86. The van der Waals surface area contributed by atoms with Gasteiger partial charge in [0.2, 0.25) is 5.82 Å². The van der Waals surface area contributed by atoms with Crippen LogP contribution in [-0.4, -0.2) is 39.1 Å². The van der Waals surface area contributed by atoms with Crippen molar-refractivity contribution in [3.05, 3.63) is 22.1 Å². The van der Waals surface area contributed by atoms with Crippen LogP contribution in [0.3, 0.4) is 0 Å². The SMILES string of the molecule is CCCNP(=O)(NCCBr)O/N=C\c1ncc([N+](=O)[O-])n1C. The maximum Gasteiger partial charge on any atom is 0.411 e. The van der Waals surface area contributed by atoms with Gasteiger partial charge in [0.15, 0.2) is 0 Å². The lowest BCUT2D eigenvalue weighted by atomic mass is 10.5. The first-order valence-electron chi connectivity index (χ1n) is 6.48. The van der Waals surface area contributed by atoms with Gasteiger partial charge in [-0.25, -0.2) is 24.3 Å². The number of imidazole rings is 1. The smallest absolute Gasteiger partial charge is 0.358 e. The number of alkyl halides is 1. The molecule has 22 heavy (non-hydrogen) atoms. The van der Waals surface area contributed by atoms with Gasteiger partial charge in [-0.1, -0.05) is 28.0 Å². The fourth-order valence-electron chi connectivity index (χ4n) is 1.40. The third-order valence-corrected chi connectivity index (χ3v) is 4.50. The molecule has 0 radical (unpaired) electrons. The maximum atomic E-state index is 12.4. The molecule has 0 amide bonds. The molecular weight excluding hydrogens is 379 g/mol. The highest BCUT2D eigenvalue weighted by Crippen LogP contribution is 2.37. The highest BCUT2D eigenvalue weighted by Gasteiger charge is 2.23. The molecule has 1 aromatic rings. The van der Waals surface area contributed by atoms with Crippen molar-refractivity contribution < 1.29 is 14.1 Å². The maximum absolute atomic E-state index is 12.4. The minimum atomic E-state index is -3.32. The number of aromatic nitrogens is 2. The molecule has 2 N–H and O–H groups in total. The van der Waals surface area contributed by atoms with Gasteiger partial charge in [-0.2, -0.15) is 0 Å². The van der Waals surface area contributed by atoms with Crippen LogP contribution in [0.1, 0.15) is 19.2 Å². The predicted molar refractivity (Wildman–Crippen MR) is 86.2 cm³/mol. The average molecular weight is 397 g/mol. The van der Waals surface area contributed by atoms with Crippen LogP contribution in [0.4, 0.5) is 5.82 Å². The van der Waals surface area contributed by atoms with Crippen molar-refractivity contribution in [2.75, 3.05) is 18.4 Å². The molecule has 0 spiro atoms. The van der Waals surface area contributed by atoms with Crippen molar-refractivity contribution >= 4 is 35.6 Å². The molecule has 12 heteroatoms. The Labute approximate surface area is 136 Å². The summed E-state index contributed by atoms with van der Waals surface area (Å²) in [6.45, 7) is 2.85. The Bertz CT molecular complexity index is 566. The summed E-state index contributed by atoms with van der Waals surface area (Å²) in [7, 11) is -1.84. The van der Waals surface area contributed by atoms with Gasteiger partial charge in [-0.05, 0) is 11.3 Å². The summed E-state index contributed by atoms with van der Waals surface area (Å²) >= 11 is 3.22. The minimum Gasteiger partial charge on any atom is -0.358 e. The molecule has 0 aliphatic heterocycles. The van der Waals surface area contributed by atoms with Crippen molar-refractivity contribution in [1.82, 2.24) is 19.7 Å². The third-order valence-electron chi connectivity index (χ3n) is 2.50. The zero-order chi connectivity index (χ0) is 16.6. The first kappa shape index (κ1) is 18.8. The number of nitro groups is 1. The second kappa shape index (κ2) is 8.99. The fourth-order valence-corrected chi connectivity index (χ4v) is 3.24. The van der Waals surface area contributed by atoms with Crippen LogP contribution in [0.2, 0.25) is 0 Å². The van der Waals surface area contributed by atoms with E-state index in [1.807, 2.05) is 6.92 Å². The fraction of sp³-hybridized carbons (Fsp3) is 0.600. The summed E-state index contributed by atoms with van der Waals surface area (Å²) in [5.74, 6) is 0.0420. The van der Waals surface area contributed by atoms with E-state index in [2.05, 4.69) is 36.2 Å². The van der Waals surface area contributed by atoms with E-state index in [1.54, 1.807) is 0 Å². The highest BCUT2D eigenvalue weighted by atomic mass is 79.9. The zero-order valence-electron chi connectivity index (χ0n) is 12.2. The first-order valence-corrected chi connectivity index (χ1v) is 9.22. The van der Waals surface area contributed by atoms with Crippen molar-refractivity contribution in [3.8, 4) is 0 Å². The second-order valence-electron chi connectivity index (χ2n) is 4.16. The molecule has 1 rings (SSSR count). The van der Waals surface area contributed by atoms with Crippen LogP contribution in [0.5, 0.6) is 0 Å². The van der Waals surface area contributed by atoms with E-state index in [9.17, 15) is 14.7 Å². The van der Waals surface area contributed by atoms with Crippen molar-refractivity contribution in [2.24, 2.45) is 12.2 Å². The molecule has 0 aliphatic rings. The van der Waals surface area contributed by atoms with Crippen LogP contribution >= 0.6 is 23.6 Å². The molecule has 124 valence electrons. The number of halogens is 1. The lowest BCUT2D eigenvalue weighted by Gasteiger charge is -2.16. The van der Waals surface area contributed by atoms with Gasteiger partial charge in [-0.15, -0.1) is 0 Å². The Balaban J connectivity index is 2.75. The van der Waals surface area contributed by atoms with Gasteiger partial charge in [0.05, 0.1) is 7.05 Å². The molecule has 1 unspecified atom stereocenters. The number of oxime groups is 1. The van der Waals surface area contributed by atoms with Gasteiger partial charge in [0.25, 0.3) is 0 Å². The van der Waals surface area contributed by atoms with Gasteiger partial charge in [-0.3, -0.25) is 0 Å². The molecule has 0 aliphatic carbocycles. The van der Waals surface area contributed by atoms with Crippen LogP contribution in [0.15, 0.2) is 11.4 Å². The summed E-state index contributed by atoms with van der Waals surface area (Å²) in [6.07, 6.45) is 3.06. The number of nitrogens with one attached hydrogen (secondary N) is 2. The molecular formula is C10H18BrN6O4P. The number of hydrogen-bond donors (Lipinski definition) is 2. The molecule has 0 saturated carbocycles. The van der Waals surface area contributed by atoms with Crippen molar-refractivity contribution in [1.29, 1.82) is 0 Å². The zero-order valence-corrected chi connectivity index (χ0v) is 14.7. The molecule has 0 fully saturated rings. The monoisotopic (exact) mass is 396 g/mol. The lowest BCUT2D eigenvalue weighted by molar-refractivity contribution is -0.391. The van der Waals surface area contributed by atoms with Crippen molar-refractivity contribution in [2.45, 2.75) is 13.3 Å². The Morgan fingerprint density at radius 1 is 1.59 bits per heavy atom.